The third-order valence-corrected chi connectivity index (χ3v) is 3.36. The molecular formula is C17H17N3. The maximum Gasteiger partial charge on any atom is 0.0743 e. The summed E-state index contributed by atoms with van der Waals surface area (Å²) in [6.45, 7) is 2.85. The average Bonchev–Trinajstić information content (AvgIpc) is 2.46. The van der Waals surface area contributed by atoms with E-state index in [9.17, 15) is 0 Å². The molecule has 0 amide bonds. The lowest BCUT2D eigenvalue weighted by atomic mass is 10.1. The van der Waals surface area contributed by atoms with E-state index in [4.69, 9.17) is 5.73 Å². The maximum absolute atomic E-state index is 6.06. The minimum atomic E-state index is 0.677. The maximum atomic E-state index is 6.06. The molecule has 0 aliphatic rings. The first-order chi connectivity index (χ1) is 9.74. The molecule has 2 aromatic carbocycles. The molecular weight excluding hydrogens is 246 g/mol. The number of aromatic nitrogens is 1. The number of hydrogen-bond acceptors (Lipinski definition) is 3. The van der Waals surface area contributed by atoms with Crippen molar-refractivity contribution >= 4 is 22.3 Å². The van der Waals surface area contributed by atoms with Gasteiger partial charge in [-0.3, -0.25) is 4.98 Å². The van der Waals surface area contributed by atoms with Gasteiger partial charge in [-0.25, -0.2) is 0 Å². The fraction of sp³-hybridized carbons (Fsp3) is 0.118. The van der Waals surface area contributed by atoms with Crippen LogP contribution in [0.1, 0.15) is 11.1 Å². The molecule has 0 spiro atoms. The van der Waals surface area contributed by atoms with Crippen LogP contribution < -0.4 is 11.1 Å². The summed E-state index contributed by atoms with van der Waals surface area (Å²) in [5.41, 5.74) is 11.1. The van der Waals surface area contributed by atoms with Crippen molar-refractivity contribution in [1.29, 1.82) is 0 Å². The van der Waals surface area contributed by atoms with Crippen LogP contribution in [-0.2, 0) is 6.54 Å². The largest absolute Gasteiger partial charge is 0.396 e. The van der Waals surface area contributed by atoms with Crippen molar-refractivity contribution in [2.45, 2.75) is 13.5 Å². The van der Waals surface area contributed by atoms with Gasteiger partial charge in [-0.15, -0.1) is 0 Å². The number of nitrogens with two attached hydrogens (primary N) is 1. The van der Waals surface area contributed by atoms with Crippen LogP contribution in [0, 0.1) is 6.92 Å². The van der Waals surface area contributed by atoms with Crippen LogP contribution in [0.15, 0.2) is 54.7 Å². The molecule has 0 saturated carbocycles. The Balaban J connectivity index is 1.92. The molecule has 3 aromatic rings. The van der Waals surface area contributed by atoms with Crippen LogP contribution >= 0.6 is 0 Å². The summed E-state index contributed by atoms with van der Waals surface area (Å²) in [7, 11) is 0. The highest BCUT2D eigenvalue weighted by Crippen LogP contribution is 2.27. The molecule has 0 aliphatic heterocycles. The Morgan fingerprint density at radius 3 is 2.80 bits per heavy atom. The summed E-state index contributed by atoms with van der Waals surface area (Å²) < 4.78 is 0. The quantitative estimate of drug-likeness (QED) is 0.757. The lowest BCUT2D eigenvalue weighted by molar-refractivity contribution is 1.14. The second-order valence-electron chi connectivity index (χ2n) is 4.95. The average molecular weight is 263 g/mol. The van der Waals surface area contributed by atoms with Crippen LogP contribution in [0.4, 0.5) is 11.4 Å². The van der Waals surface area contributed by atoms with Gasteiger partial charge in [0, 0.05) is 11.9 Å². The summed E-state index contributed by atoms with van der Waals surface area (Å²) in [5, 5.41) is 4.49. The summed E-state index contributed by atoms with van der Waals surface area (Å²) in [5.74, 6) is 0. The number of para-hydroxylation sites is 1. The summed E-state index contributed by atoms with van der Waals surface area (Å²) >= 11 is 0. The Kier molecular flexibility index (Phi) is 3.25. The molecule has 3 rings (SSSR count). The second-order valence-corrected chi connectivity index (χ2v) is 4.95. The zero-order chi connectivity index (χ0) is 13.9. The number of pyridine rings is 1. The lowest BCUT2D eigenvalue weighted by Gasteiger charge is -2.12. The molecule has 0 saturated heterocycles. The molecule has 0 aliphatic carbocycles. The van der Waals surface area contributed by atoms with Crippen LogP contribution in [-0.4, -0.2) is 4.98 Å². The van der Waals surface area contributed by atoms with Crippen molar-refractivity contribution in [3.05, 3.63) is 65.9 Å². The molecule has 0 unspecified atom stereocenters. The summed E-state index contributed by atoms with van der Waals surface area (Å²) in [6, 6.07) is 16.5. The van der Waals surface area contributed by atoms with Crippen molar-refractivity contribution in [1.82, 2.24) is 4.98 Å². The second kappa shape index (κ2) is 5.21. The molecule has 100 valence electrons. The number of nitrogens with zero attached hydrogens (tertiary/aromatic N) is 1. The molecule has 3 nitrogen and oxygen atoms in total. The van der Waals surface area contributed by atoms with E-state index in [1.54, 1.807) is 6.20 Å². The van der Waals surface area contributed by atoms with E-state index in [-0.39, 0.29) is 0 Å². The van der Waals surface area contributed by atoms with E-state index in [0.29, 0.717) is 5.69 Å². The van der Waals surface area contributed by atoms with E-state index in [1.165, 1.54) is 11.1 Å². The van der Waals surface area contributed by atoms with E-state index >= 15 is 0 Å². The van der Waals surface area contributed by atoms with E-state index in [0.717, 1.165) is 23.1 Å². The zero-order valence-electron chi connectivity index (χ0n) is 11.4. The van der Waals surface area contributed by atoms with Gasteiger partial charge >= 0.3 is 0 Å². The Morgan fingerprint density at radius 2 is 1.95 bits per heavy atom. The Labute approximate surface area is 118 Å². The van der Waals surface area contributed by atoms with Gasteiger partial charge in [0.05, 0.1) is 23.1 Å². The van der Waals surface area contributed by atoms with Gasteiger partial charge in [-0.05, 0) is 18.6 Å². The fourth-order valence-corrected chi connectivity index (χ4v) is 2.37. The Morgan fingerprint density at radius 1 is 1.10 bits per heavy atom. The van der Waals surface area contributed by atoms with Gasteiger partial charge in [0.1, 0.15) is 0 Å². The summed E-state index contributed by atoms with van der Waals surface area (Å²) in [4.78, 5) is 4.35. The highest BCUT2D eigenvalue weighted by molar-refractivity contribution is 5.96. The first-order valence-corrected chi connectivity index (χ1v) is 6.66. The predicted molar refractivity (Wildman–Crippen MR) is 84.7 cm³/mol. The number of nitrogen functional groups attached to an aromatic ring is 1. The number of fused-ring (bicyclic) bond motifs is 1. The molecule has 1 heterocycles. The van der Waals surface area contributed by atoms with Crippen molar-refractivity contribution < 1.29 is 0 Å². The van der Waals surface area contributed by atoms with Gasteiger partial charge in [0.2, 0.25) is 0 Å². The molecule has 3 N–H and O–H groups in total. The van der Waals surface area contributed by atoms with E-state index < -0.39 is 0 Å². The normalized spacial score (nSPS) is 10.7. The number of anilines is 2. The van der Waals surface area contributed by atoms with Crippen LogP contribution in [0.3, 0.4) is 0 Å². The first-order valence-electron chi connectivity index (χ1n) is 6.66. The molecule has 20 heavy (non-hydrogen) atoms. The van der Waals surface area contributed by atoms with Crippen molar-refractivity contribution in [3.63, 3.8) is 0 Å². The summed E-state index contributed by atoms with van der Waals surface area (Å²) in [6.07, 6.45) is 1.71. The topological polar surface area (TPSA) is 50.9 Å². The molecule has 0 bridgehead atoms. The highest BCUT2D eigenvalue weighted by Gasteiger charge is 2.05. The minimum absolute atomic E-state index is 0.677. The first kappa shape index (κ1) is 12.5. The van der Waals surface area contributed by atoms with Gasteiger partial charge < -0.3 is 11.1 Å². The third-order valence-electron chi connectivity index (χ3n) is 3.36. The number of aryl methyl sites for hydroxylation is 1. The Hall–Kier alpha value is -2.55. The predicted octanol–water partition coefficient (Wildman–Crippen LogP) is 3.74. The van der Waals surface area contributed by atoms with E-state index in [2.05, 4.69) is 41.5 Å². The molecule has 1 aromatic heterocycles. The fourth-order valence-electron chi connectivity index (χ4n) is 2.37. The number of nitrogens with one attached hydrogen (secondary N) is 1. The van der Waals surface area contributed by atoms with Crippen molar-refractivity contribution in [2.24, 2.45) is 0 Å². The standard InChI is InChI=1S/C17H17N3/c1-12-5-4-6-13(9-12)10-20-17-14-7-2-3-8-16(14)19-11-15(17)18/h2-9,11H,10,18H2,1H3,(H,19,20). The number of rotatable bonds is 3. The van der Waals surface area contributed by atoms with Crippen LogP contribution in [0.2, 0.25) is 0 Å². The number of benzene rings is 2. The zero-order valence-corrected chi connectivity index (χ0v) is 11.4. The molecule has 0 radical (unpaired) electrons. The van der Waals surface area contributed by atoms with Gasteiger partial charge in [0.15, 0.2) is 0 Å². The molecule has 0 fully saturated rings. The SMILES string of the molecule is Cc1cccc(CNc2c(N)cnc3ccccc23)c1. The smallest absolute Gasteiger partial charge is 0.0743 e. The lowest BCUT2D eigenvalue weighted by Crippen LogP contribution is -2.04. The van der Waals surface area contributed by atoms with Gasteiger partial charge in [-0.1, -0.05) is 48.0 Å². The minimum Gasteiger partial charge on any atom is -0.396 e. The monoisotopic (exact) mass is 263 g/mol. The van der Waals surface area contributed by atoms with Crippen LogP contribution in [0.5, 0.6) is 0 Å². The number of hydrogen-bond donors (Lipinski definition) is 2. The third kappa shape index (κ3) is 2.43. The van der Waals surface area contributed by atoms with E-state index in [1.807, 2.05) is 24.3 Å². The van der Waals surface area contributed by atoms with Crippen molar-refractivity contribution in [2.75, 3.05) is 11.1 Å². The molecule has 3 heteroatoms. The Bertz CT molecular complexity index is 750. The van der Waals surface area contributed by atoms with Gasteiger partial charge in [0.25, 0.3) is 0 Å². The van der Waals surface area contributed by atoms with Gasteiger partial charge in [-0.2, -0.15) is 0 Å². The van der Waals surface area contributed by atoms with Crippen molar-refractivity contribution in [3.8, 4) is 0 Å². The molecule has 0 atom stereocenters. The van der Waals surface area contributed by atoms with Crippen LogP contribution in [0.25, 0.3) is 10.9 Å². The highest BCUT2D eigenvalue weighted by atomic mass is 14.9.